The van der Waals surface area contributed by atoms with Gasteiger partial charge in [0.2, 0.25) is 0 Å². The van der Waals surface area contributed by atoms with Crippen molar-refractivity contribution >= 4 is 5.69 Å². The second kappa shape index (κ2) is 2.69. The normalized spacial score (nSPS) is 19.5. The highest BCUT2D eigenvalue weighted by Crippen LogP contribution is 2.40. The number of halogens is 2. The number of fused-ring (bicyclic) bond motifs is 1. The monoisotopic (exact) mass is 183 g/mol. The number of nitrogen functional groups attached to an aromatic ring is 1. The van der Waals surface area contributed by atoms with Crippen molar-refractivity contribution in [1.82, 2.24) is 0 Å². The Hall–Kier alpha value is -1.12. The van der Waals surface area contributed by atoms with E-state index < -0.39 is 5.92 Å². The van der Waals surface area contributed by atoms with Gasteiger partial charge in [0.1, 0.15) is 0 Å². The van der Waals surface area contributed by atoms with Crippen LogP contribution in [-0.4, -0.2) is 0 Å². The molecule has 0 saturated carbocycles. The van der Waals surface area contributed by atoms with Gasteiger partial charge in [-0.3, -0.25) is 0 Å². The maximum atomic E-state index is 13.3. The standard InChI is InChI=1S/C10H11F2N/c11-10(12)5-1-2-7-3-4-8(13)6-9(7)10/h3-4,6H,1-2,5,13H2. The van der Waals surface area contributed by atoms with Gasteiger partial charge in [-0.2, -0.15) is 0 Å². The molecular weight excluding hydrogens is 172 g/mol. The third kappa shape index (κ3) is 1.39. The highest BCUT2D eigenvalue weighted by Gasteiger charge is 2.36. The maximum absolute atomic E-state index is 13.3. The fourth-order valence-corrected chi connectivity index (χ4v) is 1.79. The van der Waals surface area contributed by atoms with Gasteiger partial charge < -0.3 is 5.73 Å². The average molecular weight is 183 g/mol. The Bertz CT molecular complexity index is 334. The lowest BCUT2D eigenvalue weighted by Crippen LogP contribution is -2.20. The van der Waals surface area contributed by atoms with E-state index in [0.29, 0.717) is 12.1 Å². The molecule has 0 radical (unpaired) electrons. The Balaban J connectivity index is 2.55. The summed E-state index contributed by atoms with van der Waals surface area (Å²) in [5.74, 6) is -2.68. The molecule has 1 nitrogen and oxygen atoms in total. The minimum atomic E-state index is -2.68. The van der Waals surface area contributed by atoms with Gasteiger partial charge in [-0.25, -0.2) is 8.78 Å². The molecule has 0 atom stereocenters. The van der Waals surface area contributed by atoms with E-state index in [9.17, 15) is 8.78 Å². The first kappa shape index (κ1) is 8.48. The van der Waals surface area contributed by atoms with Crippen molar-refractivity contribution in [2.24, 2.45) is 0 Å². The third-order valence-electron chi connectivity index (χ3n) is 2.46. The Morgan fingerprint density at radius 2 is 2.08 bits per heavy atom. The van der Waals surface area contributed by atoms with Gasteiger partial charge >= 0.3 is 0 Å². The molecule has 0 amide bonds. The first-order valence-electron chi connectivity index (χ1n) is 4.36. The van der Waals surface area contributed by atoms with Crippen LogP contribution in [-0.2, 0) is 12.3 Å². The van der Waals surface area contributed by atoms with Crippen LogP contribution in [0.4, 0.5) is 14.5 Å². The molecule has 0 unspecified atom stereocenters. The van der Waals surface area contributed by atoms with Crippen LogP contribution in [0.1, 0.15) is 24.0 Å². The van der Waals surface area contributed by atoms with E-state index in [1.165, 1.54) is 6.07 Å². The molecule has 0 spiro atoms. The Morgan fingerprint density at radius 3 is 2.85 bits per heavy atom. The number of hydrogen-bond donors (Lipinski definition) is 1. The summed E-state index contributed by atoms with van der Waals surface area (Å²) >= 11 is 0. The summed E-state index contributed by atoms with van der Waals surface area (Å²) in [5, 5.41) is 0. The van der Waals surface area contributed by atoms with Crippen LogP contribution >= 0.6 is 0 Å². The Labute approximate surface area is 75.6 Å². The molecule has 1 aromatic rings. The fraction of sp³-hybridized carbons (Fsp3) is 0.400. The zero-order chi connectivity index (χ0) is 9.47. The van der Waals surface area contributed by atoms with E-state index in [1.807, 2.05) is 0 Å². The summed E-state index contributed by atoms with van der Waals surface area (Å²) in [4.78, 5) is 0. The number of hydrogen-bond acceptors (Lipinski definition) is 1. The largest absolute Gasteiger partial charge is 0.399 e. The topological polar surface area (TPSA) is 26.0 Å². The third-order valence-corrected chi connectivity index (χ3v) is 2.46. The van der Waals surface area contributed by atoms with Gasteiger partial charge in [0.15, 0.2) is 0 Å². The van der Waals surface area contributed by atoms with Crippen LogP contribution in [0.25, 0.3) is 0 Å². The number of aryl methyl sites for hydroxylation is 1. The van der Waals surface area contributed by atoms with Gasteiger partial charge in [-0.15, -0.1) is 0 Å². The lowest BCUT2D eigenvalue weighted by Gasteiger charge is -2.25. The molecule has 1 aliphatic rings. The molecule has 13 heavy (non-hydrogen) atoms. The van der Waals surface area contributed by atoms with Gasteiger partial charge in [0.05, 0.1) is 0 Å². The summed E-state index contributed by atoms with van der Waals surface area (Å²) in [6, 6.07) is 4.78. The van der Waals surface area contributed by atoms with Crippen molar-refractivity contribution in [3.05, 3.63) is 29.3 Å². The minimum absolute atomic E-state index is 0.0521. The van der Waals surface area contributed by atoms with Crippen molar-refractivity contribution in [3.8, 4) is 0 Å². The van der Waals surface area contributed by atoms with Gasteiger partial charge in [0, 0.05) is 17.7 Å². The van der Waals surface area contributed by atoms with Crippen molar-refractivity contribution in [1.29, 1.82) is 0 Å². The molecule has 0 saturated heterocycles. The lowest BCUT2D eigenvalue weighted by molar-refractivity contribution is -0.0216. The molecule has 3 heteroatoms. The molecular formula is C10H11F2N. The summed E-state index contributed by atoms with van der Waals surface area (Å²) in [5.41, 5.74) is 6.75. The summed E-state index contributed by atoms with van der Waals surface area (Å²) in [6.07, 6.45) is 1.25. The molecule has 0 bridgehead atoms. The number of alkyl halides is 2. The Kier molecular flexibility index (Phi) is 1.75. The molecule has 0 fully saturated rings. The quantitative estimate of drug-likeness (QED) is 0.615. The predicted octanol–water partition coefficient (Wildman–Crippen LogP) is 2.70. The SMILES string of the molecule is Nc1ccc2c(c1)C(F)(F)CCC2. The van der Waals surface area contributed by atoms with Crippen LogP contribution in [0.5, 0.6) is 0 Å². The second-order valence-electron chi connectivity index (χ2n) is 3.47. The Morgan fingerprint density at radius 1 is 1.31 bits per heavy atom. The highest BCUT2D eigenvalue weighted by molar-refractivity contribution is 5.47. The van der Waals surface area contributed by atoms with Gasteiger partial charge in [-0.05, 0) is 30.5 Å². The fourth-order valence-electron chi connectivity index (χ4n) is 1.79. The van der Waals surface area contributed by atoms with Crippen molar-refractivity contribution in [2.45, 2.75) is 25.2 Å². The summed E-state index contributed by atoms with van der Waals surface area (Å²) < 4.78 is 26.6. The second-order valence-corrected chi connectivity index (χ2v) is 3.47. The average Bonchev–Trinajstić information content (AvgIpc) is 2.06. The van der Waals surface area contributed by atoms with Crippen molar-refractivity contribution in [2.75, 3.05) is 5.73 Å². The first-order chi connectivity index (χ1) is 6.09. The van der Waals surface area contributed by atoms with Crippen LogP contribution in [0.3, 0.4) is 0 Å². The molecule has 0 aliphatic heterocycles. The summed E-state index contributed by atoms with van der Waals surface area (Å²) in [7, 11) is 0. The molecule has 0 heterocycles. The smallest absolute Gasteiger partial charge is 0.273 e. The predicted molar refractivity (Wildman–Crippen MR) is 47.7 cm³/mol. The zero-order valence-corrected chi connectivity index (χ0v) is 7.19. The number of nitrogens with two attached hydrogens (primary N) is 1. The van der Waals surface area contributed by atoms with E-state index in [2.05, 4.69) is 0 Å². The van der Waals surface area contributed by atoms with Gasteiger partial charge in [-0.1, -0.05) is 6.07 Å². The van der Waals surface area contributed by atoms with Crippen LogP contribution in [0.2, 0.25) is 0 Å². The molecule has 70 valence electrons. The van der Waals surface area contributed by atoms with Crippen LogP contribution < -0.4 is 5.73 Å². The van der Waals surface area contributed by atoms with Crippen molar-refractivity contribution < 1.29 is 8.78 Å². The van der Waals surface area contributed by atoms with E-state index >= 15 is 0 Å². The van der Waals surface area contributed by atoms with E-state index in [1.54, 1.807) is 12.1 Å². The van der Waals surface area contributed by atoms with E-state index in [-0.39, 0.29) is 12.0 Å². The van der Waals surface area contributed by atoms with E-state index in [4.69, 9.17) is 5.73 Å². The number of rotatable bonds is 0. The molecule has 1 aromatic carbocycles. The number of anilines is 1. The minimum Gasteiger partial charge on any atom is -0.399 e. The van der Waals surface area contributed by atoms with Crippen LogP contribution in [0, 0.1) is 0 Å². The number of benzene rings is 1. The maximum Gasteiger partial charge on any atom is 0.273 e. The highest BCUT2D eigenvalue weighted by atomic mass is 19.3. The van der Waals surface area contributed by atoms with Gasteiger partial charge in [0.25, 0.3) is 5.92 Å². The first-order valence-corrected chi connectivity index (χ1v) is 4.36. The molecule has 2 rings (SSSR count). The molecule has 2 N–H and O–H groups in total. The summed E-state index contributed by atoms with van der Waals surface area (Å²) in [6.45, 7) is 0. The molecule has 1 aliphatic carbocycles. The van der Waals surface area contributed by atoms with Crippen LogP contribution in [0.15, 0.2) is 18.2 Å². The molecule has 0 aromatic heterocycles. The lowest BCUT2D eigenvalue weighted by atomic mass is 9.88. The van der Waals surface area contributed by atoms with Crippen molar-refractivity contribution in [3.63, 3.8) is 0 Å². The zero-order valence-electron chi connectivity index (χ0n) is 7.19. The van der Waals surface area contributed by atoms with E-state index in [0.717, 1.165) is 12.0 Å².